The third kappa shape index (κ3) is 3.80. The predicted molar refractivity (Wildman–Crippen MR) is 82.1 cm³/mol. The minimum absolute atomic E-state index is 0.336. The van der Waals surface area contributed by atoms with Gasteiger partial charge in [-0.1, -0.05) is 42.5 Å². The van der Waals surface area contributed by atoms with Crippen LogP contribution >= 0.6 is 23.2 Å². The molecule has 0 saturated heterocycles. The van der Waals surface area contributed by atoms with E-state index in [1.807, 2.05) is 0 Å². The SMILES string of the molecule is O=C(Nc1cc(Cl)ccc1Cl)NC1(C(=O)O)CCCCC1. The summed E-state index contributed by atoms with van der Waals surface area (Å²) >= 11 is 11.8. The molecule has 114 valence electrons. The van der Waals surface area contributed by atoms with Crippen LogP contribution in [0.3, 0.4) is 0 Å². The second-order valence-electron chi connectivity index (χ2n) is 5.15. The molecule has 0 atom stereocenters. The molecule has 0 aliphatic heterocycles. The molecule has 1 aliphatic rings. The van der Waals surface area contributed by atoms with E-state index in [9.17, 15) is 14.7 Å². The molecule has 0 spiro atoms. The number of carboxylic acids is 1. The Morgan fingerprint density at radius 1 is 1.14 bits per heavy atom. The molecule has 0 aromatic heterocycles. The zero-order chi connectivity index (χ0) is 15.5. The summed E-state index contributed by atoms with van der Waals surface area (Å²) in [5.74, 6) is -1.01. The highest BCUT2D eigenvalue weighted by atomic mass is 35.5. The summed E-state index contributed by atoms with van der Waals surface area (Å²) in [5.41, 5.74) is -0.856. The summed E-state index contributed by atoms with van der Waals surface area (Å²) < 4.78 is 0. The molecule has 3 N–H and O–H groups in total. The molecule has 2 rings (SSSR count). The number of carboxylic acid groups (broad SMARTS) is 1. The lowest BCUT2D eigenvalue weighted by molar-refractivity contribution is -0.145. The second kappa shape index (κ2) is 6.54. The van der Waals surface area contributed by atoms with Crippen LogP contribution in [0.2, 0.25) is 10.0 Å². The maximum atomic E-state index is 12.1. The quantitative estimate of drug-likeness (QED) is 0.786. The van der Waals surface area contributed by atoms with E-state index in [0.29, 0.717) is 28.6 Å². The number of benzene rings is 1. The van der Waals surface area contributed by atoms with Gasteiger partial charge in [0.15, 0.2) is 0 Å². The number of rotatable bonds is 3. The van der Waals surface area contributed by atoms with Crippen LogP contribution < -0.4 is 10.6 Å². The molecule has 1 aromatic rings. The molecule has 0 radical (unpaired) electrons. The number of halogens is 2. The highest BCUT2D eigenvalue weighted by Gasteiger charge is 2.41. The highest BCUT2D eigenvalue weighted by Crippen LogP contribution is 2.29. The third-order valence-corrected chi connectivity index (χ3v) is 4.21. The number of urea groups is 1. The summed E-state index contributed by atoms with van der Waals surface area (Å²) in [6.07, 6.45) is 3.41. The fraction of sp³-hybridized carbons (Fsp3) is 0.429. The van der Waals surface area contributed by atoms with E-state index in [4.69, 9.17) is 23.2 Å². The molecule has 0 heterocycles. The number of anilines is 1. The number of hydrogen-bond donors (Lipinski definition) is 3. The first kappa shape index (κ1) is 15.9. The summed E-state index contributed by atoms with van der Waals surface area (Å²) in [7, 11) is 0. The number of carbonyl (C=O) groups excluding carboxylic acids is 1. The Kier molecular flexibility index (Phi) is 4.96. The number of amides is 2. The van der Waals surface area contributed by atoms with Crippen LogP contribution in [0.4, 0.5) is 10.5 Å². The average molecular weight is 331 g/mol. The molecule has 7 heteroatoms. The zero-order valence-corrected chi connectivity index (χ0v) is 12.8. The van der Waals surface area contributed by atoms with Gasteiger partial charge in [-0.2, -0.15) is 0 Å². The van der Waals surface area contributed by atoms with E-state index in [2.05, 4.69) is 10.6 Å². The Hall–Kier alpha value is -1.46. The van der Waals surface area contributed by atoms with Crippen LogP contribution in [0, 0.1) is 0 Å². The Morgan fingerprint density at radius 2 is 1.81 bits per heavy atom. The molecular weight excluding hydrogens is 315 g/mol. The smallest absolute Gasteiger partial charge is 0.329 e. The number of carbonyl (C=O) groups is 2. The fourth-order valence-electron chi connectivity index (χ4n) is 2.51. The Morgan fingerprint density at radius 3 is 2.43 bits per heavy atom. The van der Waals surface area contributed by atoms with Crippen molar-refractivity contribution < 1.29 is 14.7 Å². The van der Waals surface area contributed by atoms with E-state index in [1.165, 1.54) is 6.07 Å². The van der Waals surface area contributed by atoms with Gasteiger partial charge in [0.1, 0.15) is 5.54 Å². The zero-order valence-electron chi connectivity index (χ0n) is 11.3. The monoisotopic (exact) mass is 330 g/mol. The topological polar surface area (TPSA) is 78.4 Å². The van der Waals surface area contributed by atoms with Gasteiger partial charge in [-0.25, -0.2) is 9.59 Å². The number of nitrogens with one attached hydrogen (secondary N) is 2. The summed E-state index contributed by atoms with van der Waals surface area (Å²) in [4.78, 5) is 23.6. The van der Waals surface area contributed by atoms with Crippen LogP contribution in [0.25, 0.3) is 0 Å². The normalized spacial score (nSPS) is 17.0. The minimum Gasteiger partial charge on any atom is -0.480 e. The van der Waals surface area contributed by atoms with Crippen molar-refractivity contribution in [2.75, 3.05) is 5.32 Å². The highest BCUT2D eigenvalue weighted by molar-refractivity contribution is 6.35. The first-order valence-electron chi connectivity index (χ1n) is 6.70. The van der Waals surface area contributed by atoms with Crippen molar-refractivity contribution in [3.05, 3.63) is 28.2 Å². The first-order chi connectivity index (χ1) is 9.93. The van der Waals surface area contributed by atoms with Gasteiger partial charge in [0.2, 0.25) is 0 Å². The van der Waals surface area contributed by atoms with Crippen LogP contribution in [0.5, 0.6) is 0 Å². The van der Waals surface area contributed by atoms with Gasteiger partial charge in [-0.3, -0.25) is 0 Å². The van der Waals surface area contributed by atoms with Crippen molar-refractivity contribution in [3.8, 4) is 0 Å². The molecular formula is C14H16Cl2N2O3. The lowest BCUT2D eigenvalue weighted by atomic mass is 9.82. The van der Waals surface area contributed by atoms with Crippen molar-refractivity contribution in [3.63, 3.8) is 0 Å². The third-order valence-electron chi connectivity index (χ3n) is 3.65. The molecule has 0 unspecified atom stereocenters. The van der Waals surface area contributed by atoms with Crippen LogP contribution in [-0.4, -0.2) is 22.6 Å². The van der Waals surface area contributed by atoms with Crippen molar-refractivity contribution in [1.29, 1.82) is 0 Å². The van der Waals surface area contributed by atoms with Gasteiger partial charge < -0.3 is 15.7 Å². The molecule has 1 aliphatic carbocycles. The molecule has 2 amide bonds. The van der Waals surface area contributed by atoms with Crippen LogP contribution in [-0.2, 0) is 4.79 Å². The van der Waals surface area contributed by atoms with Gasteiger partial charge in [-0.15, -0.1) is 0 Å². The molecule has 0 bridgehead atoms. The first-order valence-corrected chi connectivity index (χ1v) is 7.46. The minimum atomic E-state index is -1.20. The van der Waals surface area contributed by atoms with Crippen molar-refractivity contribution in [2.24, 2.45) is 0 Å². The van der Waals surface area contributed by atoms with Gasteiger partial charge in [0, 0.05) is 5.02 Å². The van der Waals surface area contributed by atoms with Crippen molar-refractivity contribution in [1.82, 2.24) is 5.32 Å². The van der Waals surface area contributed by atoms with Gasteiger partial charge in [0.05, 0.1) is 10.7 Å². The Bertz CT molecular complexity index is 557. The van der Waals surface area contributed by atoms with Crippen LogP contribution in [0.15, 0.2) is 18.2 Å². The molecule has 5 nitrogen and oxygen atoms in total. The van der Waals surface area contributed by atoms with E-state index in [1.54, 1.807) is 12.1 Å². The standard InChI is InChI=1S/C14H16Cl2N2O3/c15-9-4-5-10(16)11(8-9)17-13(21)18-14(12(19)20)6-2-1-3-7-14/h4-5,8H,1-3,6-7H2,(H,19,20)(H2,17,18,21). The summed E-state index contributed by atoms with van der Waals surface area (Å²) in [6, 6.07) is 4.08. The fourth-order valence-corrected chi connectivity index (χ4v) is 2.85. The van der Waals surface area contributed by atoms with E-state index in [-0.39, 0.29) is 0 Å². The lowest BCUT2D eigenvalue weighted by Gasteiger charge is -2.33. The molecule has 21 heavy (non-hydrogen) atoms. The summed E-state index contributed by atoms with van der Waals surface area (Å²) in [5, 5.41) is 15.3. The molecule has 1 fully saturated rings. The van der Waals surface area contributed by atoms with Gasteiger partial charge in [-0.05, 0) is 31.0 Å². The number of aliphatic carboxylic acids is 1. The molecule has 1 aromatic carbocycles. The second-order valence-corrected chi connectivity index (χ2v) is 5.99. The van der Waals surface area contributed by atoms with E-state index in [0.717, 1.165) is 19.3 Å². The average Bonchev–Trinajstić information content (AvgIpc) is 2.43. The van der Waals surface area contributed by atoms with Crippen LogP contribution in [0.1, 0.15) is 32.1 Å². The predicted octanol–water partition coefficient (Wildman–Crippen LogP) is 3.90. The Labute approximate surface area is 132 Å². The van der Waals surface area contributed by atoms with Gasteiger partial charge in [0.25, 0.3) is 0 Å². The summed E-state index contributed by atoms with van der Waals surface area (Å²) in [6.45, 7) is 0. The van der Waals surface area contributed by atoms with Gasteiger partial charge >= 0.3 is 12.0 Å². The maximum absolute atomic E-state index is 12.1. The maximum Gasteiger partial charge on any atom is 0.329 e. The van der Waals surface area contributed by atoms with E-state index >= 15 is 0 Å². The largest absolute Gasteiger partial charge is 0.480 e. The Balaban J connectivity index is 2.09. The molecule has 1 saturated carbocycles. The van der Waals surface area contributed by atoms with E-state index < -0.39 is 17.5 Å². The van der Waals surface area contributed by atoms with Crippen molar-refractivity contribution in [2.45, 2.75) is 37.6 Å². The number of hydrogen-bond acceptors (Lipinski definition) is 2. The lowest BCUT2D eigenvalue weighted by Crippen LogP contribution is -2.56. The van der Waals surface area contributed by atoms with Crippen molar-refractivity contribution >= 4 is 40.9 Å².